The third-order valence-corrected chi connectivity index (χ3v) is 4.17. The van der Waals surface area contributed by atoms with Gasteiger partial charge in [0, 0.05) is 32.2 Å². The number of hydrogen-bond acceptors (Lipinski definition) is 2. The quantitative estimate of drug-likeness (QED) is 0.901. The first-order valence-electron chi connectivity index (χ1n) is 7.14. The molecule has 19 heavy (non-hydrogen) atoms. The molecule has 104 valence electrons. The highest BCUT2D eigenvalue weighted by molar-refractivity contribution is 5.22. The van der Waals surface area contributed by atoms with Gasteiger partial charge in [-0.1, -0.05) is 18.9 Å². The minimum atomic E-state index is -0.755. The Morgan fingerprint density at radius 2 is 1.89 bits per heavy atom. The van der Waals surface area contributed by atoms with E-state index in [4.69, 9.17) is 0 Å². The van der Waals surface area contributed by atoms with Crippen molar-refractivity contribution in [2.75, 3.05) is 26.2 Å². The predicted octanol–water partition coefficient (Wildman–Crippen LogP) is 2.71. The zero-order valence-electron chi connectivity index (χ0n) is 11.0. The van der Waals surface area contributed by atoms with Crippen LogP contribution in [0.25, 0.3) is 0 Å². The Balaban J connectivity index is 1.81. The van der Waals surface area contributed by atoms with Crippen LogP contribution in [-0.4, -0.2) is 31.1 Å². The second kappa shape index (κ2) is 5.55. The molecule has 1 N–H and O–H groups in total. The summed E-state index contributed by atoms with van der Waals surface area (Å²) in [5.41, 5.74) is 0.924. The SMILES string of the molecule is Fc1ccc([C@@H](CC2CC2)N2CCNCC2)cc1F. The van der Waals surface area contributed by atoms with E-state index in [9.17, 15) is 8.78 Å². The zero-order valence-corrected chi connectivity index (χ0v) is 11.0. The van der Waals surface area contributed by atoms with Crippen molar-refractivity contribution >= 4 is 0 Å². The molecule has 1 heterocycles. The summed E-state index contributed by atoms with van der Waals surface area (Å²) in [7, 11) is 0. The molecule has 1 saturated heterocycles. The van der Waals surface area contributed by atoms with Crippen LogP contribution in [0, 0.1) is 17.6 Å². The molecule has 1 aromatic rings. The second-order valence-corrected chi connectivity index (χ2v) is 5.65. The van der Waals surface area contributed by atoms with E-state index in [1.54, 1.807) is 6.07 Å². The average molecular weight is 266 g/mol. The summed E-state index contributed by atoms with van der Waals surface area (Å²) < 4.78 is 26.5. The molecule has 1 aliphatic heterocycles. The van der Waals surface area contributed by atoms with Gasteiger partial charge in [-0.3, -0.25) is 4.90 Å². The smallest absolute Gasteiger partial charge is 0.159 e. The van der Waals surface area contributed by atoms with Crippen LogP contribution in [0.2, 0.25) is 0 Å². The largest absolute Gasteiger partial charge is 0.314 e. The molecule has 0 unspecified atom stereocenters. The first-order valence-corrected chi connectivity index (χ1v) is 7.14. The van der Waals surface area contributed by atoms with Gasteiger partial charge in [-0.2, -0.15) is 0 Å². The van der Waals surface area contributed by atoms with Crippen molar-refractivity contribution in [2.24, 2.45) is 5.92 Å². The van der Waals surface area contributed by atoms with Crippen molar-refractivity contribution in [3.8, 4) is 0 Å². The van der Waals surface area contributed by atoms with Crippen molar-refractivity contribution in [3.63, 3.8) is 0 Å². The minimum absolute atomic E-state index is 0.240. The van der Waals surface area contributed by atoms with Gasteiger partial charge in [-0.15, -0.1) is 0 Å². The van der Waals surface area contributed by atoms with Crippen molar-refractivity contribution in [3.05, 3.63) is 35.4 Å². The first kappa shape index (κ1) is 13.0. The lowest BCUT2D eigenvalue weighted by Crippen LogP contribution is -2.45. The Hall–Kier alpha value is -1.00. The molecular formula is C15H20F2N2. The summed E-state index contributed by atoms with van der Waals surface area (Å²) in [6.45, 7) is 3.92. The van der Waals surface area contributed by atoms with Crippen LogP contribution in [0.5, 0.6) is 0 Å². The molecule has 1 aromatic carbocycles. The molecule has 0 bridgehead atoms. The summed E-state index contributed by atoms with van der Waals surface area (Å²) >= 11 is 0. The maximum absolute atomic E-state index is 13.5. The van der Waals surface area contributed by atoms with Crippen LogP contribution < -0.4 is 5.32 Å². The first-order chi connectivity index (χ1) is 9.24. The Labute approximate surface area is 112 Å². The molecule has 1 aliphatic carbocycles. The molecule has 1 atom stereocenters. The van der Waals surface area contributed by atoms with Gasteiger partial charge in [0.1, 0.15) is 0 Å². The van der Waals surface area contributed by atoms with Crippen LogP contribution >= 0.6 is 0 Å². The average Bonchev–Trinajstić information content (AvgIpc) is 3.24. The summed E-state index contributed by atoms with van der Waals surface area (Å²) in [4.78, 5) is 2.40. The van der Waals surface area contributed by atoms with Crippen molar-refractivity contribution in [2.45, 2.75) is 25.3 Å². The highest BCUT2D eigenvalue weighted by Gasteiger charge is 2.30. The standard InChI is InChI=1S/C15H20F2N2/c16-13-4-3-12(10-14(13)17)15(9-11-1-2-11)19-7-5-18-6-8-19/h3-4,10-11,15,18H,1-2,5-9H2/t15-/m1/s1. The molecule has 3 rings (SSSR count). The number of rotatable bonds is 4. The lowest BCUT2D eigenvalue weighted by Gasteiger charge is -2.35. The van der Waals surface area contributed by atoms with Gasteiger partial charge in [0.2, 0.25) is 0 Å². The Morgan fingerprint density at radius 3 is 2.53 bits per heavy atom. The van der Waals surface area contributed by atoms with E-state index in [1.165, 1.54) is 25.0 Å². The van der Waals surface area contributed by atoms with Crippen LogP contribution in [0.1, 0.15) is 30.9 Å². The van der Waals surface area contributed by atoms with E-state index < -0.39 is 11.6 Å². The van der Waals surface area contributed by atoms with E-state index in [-0.39, 0.29) is 6.04 Å². The van der Waals surface area contributed by atoms with E-state index in [1.807, 2.05) is 0 Å². The van der Waals surface area contributed by atoms with Crippen LogP contribution in [0.15, 0.2) is 18.2 Å². The highest BCUT2D eigenvalue weighted by atomic mass is 19.2. The molecule has 2 nitrogen and oxygen atoms in total. The topological polar surface area (TPSA) is 15.3 Å². The molecule has 0 radical (unpaired) electrons. The van der Waals surface area contributed by atoms with Crippen LogP contribution in [0.3, 0.4) is 0 Å². The fourth-order valence-corrected chi connectivity index (χ4v) is 2.88. The predicted molar refractivity (Wildman–Crippen MR) is 70.9 cm³/mol. The molecule has 0 amide bonds. The zero-order chi connectivity index (χ0) is 13.2. The summed E-state index contributed by atoms with van der Waals surface area (Å²) in [6, 6.07) is 4.62. The van der Waals surface area contributed by atoms with E-state index in [0.29, 0.717) is 0 Å². The number of nitrogens with one attached hydrogen (secondary N) is 1. The highest BCUT2D eigenvalue weighted by Crippen LogP contribution is 2.40. The van der Waals surface area contributed by atoms with Gasteiger partial charge in [0.25, 0.3) is 0 Å². The summed E-state index contributed by atoms with van der Waals surface area (Å²) in [6.07, 6.45) is 3.64. The number of benzene rings is 1. The van der Waals surface area contributed by atoms with Crippen molar-refractivity contribution < 1.29 is 8.78 Å². The fraction of sp³-hybridized carbons (Fsp3) is 0.600. The maximum atomic E-state index is 13.5. The second-order valence-electron chi connectivity index (χ2n) is 5.65. The minimum Gasteiger partial charge on any atom is -0.314 e. The lowest BCUT2D eigenvalue weighted by atomic mass is 9.98. The van der Waals surface area contributed by atoms with Gasteiger partial charge < -0.3 is 5.32 Å². The molecule has 4 heteroatoms. The van der Waals surface area contributed by atoms with Gasteiger partial charge in [0.15, 0.2) is 11.6 Å². The van der Waals surface area contributed by atoms with Gasteiger partial charge in [-0.05, 0) is 30.0 Å². The van der Waals surface area contributed by atoms with Gasteiger partial charge in [0.05, 0.1) is 0 Å². The molecular weight excluding hydrogens is 246 g/mol. The number of halogens is 2. The summed E-state index contributed by atoms with van der Waals surface area (Å²) in [5, 5.41) is 3.33. The molecule has 0 aromatic heterocycles. The van der Waals surface area contributed by atoms with Crippen molar-refractivity contribution in [1.82, 2.24) is 10.2 Å². The Morgan fingerprint density at radius 1 is 1.16 bits per heavy atom. The summed E-state index contributed by atoms with van der Waals surface area (Å²) in [5.74, 6) is -0.712. The number of nitrogens with zero attached hydrogens (tertiary/aromatic N) is 1. The Bertz CT molecular complexity index is 440. The number of piperazine rings is 1. The molecule has 0 spiro atoms. The van der Waals surface area contributed by atoms with E-state index in [0.717, 1.165) is 44.1 Å². The monoisotopic (exact) mass is 266 g/mol. The van der Waals surface area contributed by atoms with Crippen molar-refractivity contribution in [1.29, 1.82) is 0 Å². The Kier molecular flexibility index (Phi) is 3.80. The fourth-order valence-electron chi connectivity index (χ4n) is 2.88. The third-order valence-electron chi connectivity index (χ3n) is 4.17. The molecule has 2 aliphatic rings. The number of hydrogen-bond donors (Lipinski definition) is 1. The van der Waals surface area contributed by atoms with E-state index in [2.05, 4.69) is 10.2 Å². The van der Waals surface area contributed by atoms with Gasteiger partial charge in [-0.25, -0.2) is 8.78 Å². The maximum Gasteiger partial charge on any atom is 0.159 e. The third kappa shape index (κ3) is 3.12. The lowest BCUT2D eigenvalue weighted by molar-refractivity contribution is 0.160. The van der Waals surface area contributed by atoms with Crippen LogP contribution in [-0.2, 0) is 0 Å². The normalized spacial score (nSPS) is 22.4. The van der Waals surface area contributed by atoms with Crippen LogP contribution in [0.4, 0.5) is 8.78 Å². The van der Waals surface area contributed by atoms with Gasteiger partial charge >= 0.3 is 0 Å². The van der Waals surface area contributed by atoms with E-state index >= 15 is 0 Å². The molecule has 1 saturated carbocycles. The molecule has 2 fully saturated rings.